The molecular weight excluding hydrogens is 668 g/mol. The standard InChI is InChI=1S/C37H56F3NO6Si2/c1-13-36(26-45-32-16-14-15-23-44-32,41(33(42)37(38,39)40)28-18-20-29(43-8)21-19-28)25-27-17-22-30(46-48(9,10)34(2,3)4)31(24-27)47-49(11,12)35(5,6)7/h13,17-22,24,32H,1,14-16,23,25-26H2,2-12H3/t32?,36-/m1/s1. The molecule has 3 rings (SSSR count). The predicted octanol–water partition coefficient (Wildman–Crippen LogP) is 10.1. The van der Waals surface area contributed by atoms with Gasteiger partial charge in [-0.3, -0.25) is 9.69 Å². The van der Waals surface area contributed by atoms with Crippen LogP contribution in [0.5, 0.6) is 17.2 Å². The van der Waals surface area contributed by atoms with Crippen molar-refractivity contribution in [3.63, 3.8) is 0 Å². The van der Waals surface area contributed by atoms with Crippen LogP contribution in [0.15, 0.2) is 55.1 Å². The second-order valence-corrected chi connectivity index (χ2v) is 25.4. The average Bonchev–Trinajstić information content (AvgIpc) is 3.00. The van der Waals surface area contributed by atoms with Gasteiger partial charge in [-0.25, -0.2) is 0 Å². The number of carbonyl (C=O) groups is 1. The number of alkyl halides is 3. The van der Waals surface area contributed by atoms with Gasteiger partial charge in [0.25, 0.3) is 16.6 Å². The van der Waals surface area contributed by atoms with Gasteiger partial charge in [-0.15, -0.1) is 6.58 Å². The van der Waals surface area contributed by atoms with E-state index in [4.69, 9.17) is 23.1 Å². The van der Waals surface area contributed by atoms with Gasteiger partial charge in [-0.1, -0.05) is 53.7 Å². The Kier molecular flexibility index (Phi) is 12.6. The Hall–Kier alpha value is -2.81. The third-order valence-electron chi connectivity index (χ3n) is 10.1. The van der Waals surface area contributed by atoms with Crippen molar-refractivity contribution in [2.75, 3.05) is 25.2 Å². The van der Waals surface area contributed by atoms with Crippen molar-refractivity contribution in [1.29, 1.82) is 0 Å². The van der Waals surface area contributed by atoms with E-state index in [1.807, 2.05) is 18.2 Å². The van der Waals surface area contributed by atoms with Crippen molar-refractivity contribution < 1.29 is 41.0 Å². The van der Waals surface area contributed by atoms with E-state index in [1.165, 1.54) is 37.5 Å². The zero-order valence-electron chi connectivity index (χ0n) is 31.2. The smallest absolute Gasteiger partial charge is 0.471 e. The number of carbonyl (C=O) groups excluding carboxylic acids is 1. The van der Waals surface area contributed by atoms with Crippen LogP contribution in [-0.4, -0.2) is 60.9 Å². The monoisotopic (exact) mass is 723 g/mol. The number of methoxy groups -OCH3 is 1. The molecule has 1 fully saturated rings. The van der Waals surface area contributed by atoms with Crippen LogP contribution in [0.2, 0.25) is 36.3 Å². The lowest BCUT2D eigenvalue weighted by molar-refractivity contribution is -0.178. The third kappa shape index (κ3) is 9.92. The Balaban J connectivity index is 2.23. The van der Waals surface area contributed by atoms with Gasteiger partial charge >= 0.3 is 12.1 Å². The molecule has 1 unspecified atom stereocenters. The Morgan fingerprint density at radius 1 is 0.918 bits per heavy atom. The van der Waals surface area contributed by atoms with Gasteiger partial charge in [-0.2, -0.15) is 13.2 Å². The molecule has 0 N–H and O–H groups in total. The second-order valence-electron chi connectivity index (χ2n) is 15.9. The lowest BCUT2D eigenvalue weighted by atomic mass is 9.88. The van der Waals surface area contributed by atoms with E-state index >= 15 is 0 Å². The van der Waals surface area contributed by atoms with E-state index in [0.717, 1.165) is 17.7 Å². The first-order valence-corrected chi connectivity index (χ1v) is 22.7. The highest BCUT2D eigenvalue weighted by molar-refractivity contribution is 6.75. The van der Waals surface area contributed by atoms with E-state index in [2.05, 4.69) is 74.3 Å². The first kappa shape index (κ1) is 40.6. The molecule has 0 aromatic heterocycles. The number of benzene rings is 2. The Morgan fingerprint density at radius 3 is 1.96 bits per heavy atom. The maximum atomic E-state index is 14.5. The van der Waals surface area contributed by atoms with E-state index in [-0.39, 0.29) is 28.8 Å². The van der Waals surface area contributed by atoms with Gasteiger partial charge in [0.05, 0.1) is 19.3 Å². The minimum Gasteiger partial charge on any atom is -0.541 e. The van der Waals surface area contributed by atoms with Crippen LogP contribution in [0.25, 0.3) is 0 Å². The Morgan fingerprint density at radius 2 is 1.49 bits per heavy atom. The number of nitrogens with zero attached hydrogens (tertiary/aromatic N) is 1. The van der Waals surface area contributed by atoms with E-state index in [0.29, 0.717) is 35.8 Å². The summed E-state index contributed by atoms with van der Waals surface area (Å²) in [6.07, 6.45) is -2.18. The lowest BCUT2D eigenvalue weighted by Gasteiger charge is -2.43. The number of anilines is 1. The molecule has 2 aromatic rings. The van der Waals surface area contributed by atoms with Crippen molar-refractivity contribution >= 4 is 28.2 Å². The molecular formula is C37H56F3NO6Si2. The molecule has 0 aliphatic carbocycles. The van der Waals surface area contributed by atoms with Gasteiger partial charge < -0.3 is 23.1 Å². The Labute approximate surface area is 293 Å². The number of halogens is 3. The fourth-order valence-electron chi connectivity index (χ4n) is 4.97. The normalized spacial score (nSPS) is 17.6. The molecule has 0 spiro atoms. The number of hydrogen-bond acceptors (Lipinski definition) is 6. The zero-order chi connectivity index (χ0) is 37.1. The molecule has 7 nitrogen and oxygen atoms in total. The van der Waals surface area contributed by atoms with Crippen LogP contribution in [0.4, 0.5) is 18.9 Å². The molecule has 1 aliphatic heterocycles. The summed E-state index contributed by atoms with van der Waals surface area (Å²) in [4.78, 5) is 14.2. The summed E-state index contributed by atoms with van der Waals surface area (Å²) in [5.41, 5.74) is -1.04. The molecule has 0 bridgehead atoms. The van der Waals surface area contributed by atoms with Crippen LogP contribution in [0, 0.1) is 0 Å². The highest BCUT2D eigenvalue weighted by Gasteiger charge is 2.51. The van der Waals surface area contributed by atoms with Crippen LogP contribution >= 0.6 is 0 Å². The first-order chi connectivity index (χ1) is 22.5. The van der Waals surface area contributed by atoms with Crippen molar-refractivity contribution in [1.82, 2.24) is 0 Å². The average molecular weight is 724 g/mol. The summed E-state index contributed by atoms with van der Waals surface area (Å²) < 4.78 is 74.2. The van der Waals surface area contributed by atoms with Gasteiger partial charge in [0, 0.05) is 18.7 Å². The second kappa shape index (κ2) is 15.2. The van der Waals surface area contributed by atoms with Crippen molar-refractivity contribution in [2.45, 2.75) is 121 Å². The summed E-state index contributed by atoms with van der Waals surface area (Å²) in [5, 5.41) is -0.229. The highest BCUT2D eigenvalue weighted by Crippen LogP contribution is 2.45. The first-order valence-electron chi connectivity index (χ1n) is 16.9. The van der Waals surface area contributed by atoms with E-state index in [9.17, 15) is 18.0 Å². The SMILES string of the molecule is C=C[C@](COC1CCCCO1)(Cc1ccc(O[Si](C)(C)C(C)(C)C)c(O[Si](C)(C)C(C)(C)C)c1)N(C(=O)C(F)(F)F)c1ccc(OC)cc1. The van der Waals surface area contributed by atoms with Crippen LogP contribution < -0.4 is 18.5 Å². The molecule has 2 aromatic carbocycles. The third-order valence-corrected chi connectivity index (χ3v) is 18.8. The quantitative estimate of drug-likeness (QED) is 0.151. The predicted molar refractivity (Wildman–Crippen MR) is 195 cm³/mol. The van der Waals surface area contributed by atoms with E-state index in [1.54, 1.807) is 0 Å². The maximum Gasteiger partial charge on any atom is 0.471 e. The minimum absolute atomic E-state index is 0.0202. The minimum atomic E-state index is -5.19. The molecule has 1 amide bonds. The summed E-state index contributed by atoms with van der Waals surface area (Å²) in [6.45, 7) is 25.6. The number of amides is 1. The molecule has 1 saturated heterocycles. The number of ether oxygens (including phenoxy) is 3. The highest BCUT2D eigenvalue weighted by atomic mass is 28.4. The molecule has 49 heavy (non-hydrogen) atoms. The van der Waals surface area contributed by atoms with E-state index < -0.39 is 40.5 Å². The lowest BCUT2D eigenvalue weighted by Crippen LogP contribution is -2.59. The summed E-state index contributed by atoms with van der Waals surface area (Å²) in [5.74, 6) is -0.485. The van der Waals surface area contributed by atoms with Gasteiger partial charge in [-0.05, 0) is 97.5 Å². The topological polar surface area (TPSA) is 66.5 Å². The molecule has 0 radical (unpaired) electrons. The zero-order valence-corrected chi connectivity index (χ0v) is 33.2. The maximum absolute atomic E-state index is 14.5. The molecule has 1 heterocycles. The fraction of sp³-hybridized carbons (Fsp3) is 0.595. The summed E-state index contributed by atoms with van der Waals surface area (Å²) in [7, 11) is -3.25. The van der Waals surface area contributed by atoms with Crippen LogP contribution in [-0.2, 0) is 20.7 Å². The summed E-state index contributed by atoms with van der Waals surface area (Å²) >= 11 is 0. The molecule has 12 heteroatoms. The van der Waals surface area contributed by atoms with Crippen molar-refractivity contribution in [2.24, 2.45) is 0 Å². The largest absolute Gasteiger partial charge is 0.541 e. The molecule has 2 atom stereocenters. The molecule has 274 valence electrons. The number of rotatable bonds is 13. The van der Waals surface area contributed by atoms with Gasteiger partial charge in [0.1, 0.15) is 17.2 Å². The Bertz CT molecular complexity index is 1430. The summed E-state index contributed by atoms with van der Waals surface area (Å²) in [6, 6.07) is 11.4. The number of hydrogen-bond donors (Lipinski definition) is 0. The van der Waals surface area contributed by atoms with Gasteiger partial charge in [0.2, 0.25) is 0 Å². The van der Waals surface area contributed by atoms with Crippen LogP contribution in [0.3, 0.4) is 0 Å². The molecule has 1 aliphatic rings. The van der Waals surface area contributed by atoms with Gasteiger partial charge in [0.15, 0.2) is 6.29 Å². The van der Waals surface area contributed by atoms with Crippen molar-refractivity contribution in [3.05, 3.63) is 60.7 Å². The van der Waals surface area contributed by atoms with Crippen molar-refractivity contribution in [3.8, 4) is 17.2 Å². The fourth-order valence-corrected chi connectivity index (χ4v) is 7.01. The van der Waals surface area contributed by atoms with Crippen LogP contribution in [0.1, 0.15) is 66.4 Å². The molecule has 0 saturated carbocycles.